The molecule has 2 saturated heterocycles. The van der Waals surface area contributed by atoms with Crippen LogP contribution in [0.1, 0.15) is 52.4 Å². The lowest BCUT2D eigenvalue weighted by Gasteiger charge is -2.32. The van der Waals surface area contributed by atoms with Crippen LogP contribution in [0.3, 0.4) is 0 Å². The van der Waals surface area contributed by atoms with E-state index in [4.69, 9.17) is 10.8 Å². The highest BCUT2D eigenvalue weighted by Gasteiger charge is 2.42. The molecule has 2 aliphatic rings. The maximum absolute atomic E-state index is 13.1. The van der Waals surface area contributed by atoms with Gasteiger partial charge in [0.05, 0.1) is 12.5 Å². The van der Waals surface area contributed by atoms with Gasteiger partial charge in [-0.05, 0) is 31.6 Å². The molecule has 0 aromatic heterocycles. The lowest BCUT2D eigenvalue weighted by atomic mass is 9.96. The van der Waals surface area contributed by atoms with E-state index >= 15 is 0 Å². The summed E-state index contributed by atoms with van der Waals surface area (Å²) in [5.41, 5.74) is 5.69. The molecule has 5 N–H and O–H groups in total. The van der Waals surface area contributed by atoms with E-state index in [-0.39, 0.29) is 12.5 Å². The molecule has 11 nitrogen and oxygen atoms in total. The SMILES string of the molecule is CCC(C)C(NC(=O)C1CCCN1C(=O)C(N)CC(=O)O)C(=O)N1CCCC1C(=O)O. The Bertz CT molecular complexity index is 728. The third-order valence-corrected chi connectivity index (χ3v) is 6.15. The summed E-state index contributed by atoms with van der Waals surface area (Å²) in [4.78, 5) is 63.6. The van der Waals surface area contributed by atoms with Gasteiger partial charge in [-0.15, -0.1) is 0 Å². The quantitative estimate of drug-likeness (QED) is 0.368. The number of carbonyl (C=O) groups is 5. The maximum Gasteiger partial charge on any atom is 0.326 e. The van der Waals surface area contributed by atoms with Crippen molar-refractivity contribution in [3.05, 3.63) is 0 Å². The Kier molecular flexibility index (Phi) is 8.37. The molecule has 0 spiro atoms. The highest BCUT2D eigenvalue weighted by molar-refractivity contribution is 5.95. The molecular formula is C20H32N4O7. The first-order valence-electron chi connectivity index (χ1n) is 10.7. The smallest absolute Gasteiger partial charge is 0.326 e. The molecular weight excluding hydrogens is 408 g/mol. The van der Waals surface area contributed by atoms with Crippen LogP contribution < -0.4 is 11.1 Å². The van der Waals surface area contributed by atoms with Crippen LogP contribution in [0.5, 0.6) is 0 Å². The van der Waals surface area contributed by atoms with Gasteiger partial charge < -0.3 is 31.1 Å². The third-order valence-electron chi connectivity index (χ3n) is 6.15. The average molecular weight is 440 g/mol. The summed E-state index contributed by atoms with van der Waals surface area (Å²) in [6.45, 7) is 4.26. The second-order valence-electron chi connectivity index (χ2n) is 8.29. The molecule has 0 aliphatic carbocycles. The van der Waals surface area contributed by atoms with Gasteiger partial charge in [-0.3, -0.25) is 19.2 Å². The zero-order valence-corrected chi connectivity index (χ0v) is 18.0. The molecule has 31 heavy (non-hydrogen) atoms. The summed E-state index contributed by atoms with van der Waals surface area (Å²) in [5.74, 6) is -4.09. The molecule has 0 aromatic rings. The topological polar surface area (TPSA) is 170 Å². The van der Waals surface area contributed by atoms with Gasteiger partial charge in [0, 0.05) is 13.1 Å². The minimum atomic E-state index is -1.25. The Balaban J connectivity index is 2.14. The van der Waals surface area contributed by atoms with Crippen LogP contribution in [0.25, 0.3) is 0 Å². The number of carboxylic acid groups (broad SMARTS) is 2. The summed E-state index contributed by atoms with van der Waals surface area (Å²) in [5, 5.41) is 21.0. The standard InChI is InChI=1S/C20H32N4O7/c1-3-11(2)16(19(29)24-9-5-7-14(24)20(30)31)22-17(27)13-6-4-8-23(13)18(28)12(21)10-15(25)26/h11-14,16H,3-10,21H2,1-2H3,(H,22,27)(H,25,26)(H,30,31). The zero-order valence-electron chi connectivity index (χ0n) is 18.0. The van der Waals surface area contributed by atoms with Crippen molar-refractivity contribution in [3.8, 4) is 0 Å². The molecule has 0 saturated carbocycles. The van der Waals surface area contributed by atoms with E-state index in [2.05, 4.69) is 5.32 Å². The molecule has 0 radical (unpaired) electrons. The number of nitrogens with zero attached hydrogens (tertiary/aromatic N) is 2. The Morgan fingerprint density at radius 1 is 1.00 bits per heavy atom. The van der Waals surface area contributed by atoms with Gasteiger partial charge in [0.2, 0.25) is 17.7 Å². The van der Waals surface area contributed by atoms with E-state index < -0.39 is 60.2 Å². The zero-order chi connectivity index (χ0) is 23.3. The number of hydrogen-bond acceptors (Lipinski definition) is 6. The predicted octanol–water partition coefficient (Wildman–Crippen LogP) is -0.614. The molecule has 2 fully saturated rings. The van der Waals surface area contributed by atoms with Crippen molar-refractivity contribution in [3.63, 3.8) is 0 Å². The largest absolute Gasteiger partial charge is 0.481 e. The van der Waals surface area contributed by atoms with Crippen molar-refractivity contribution in [2.75, 3.05) is 13.1 Å². The highest BCUT2D eigenvalue weighted by atomic mass is 16.4. The van der Waals surface area contributed by atoms with E-state index in [9.17, 15) is 29.1 Å². The number of aliphatic carboxylic acids is 2. The first-order chi connectivity index (χ1) is 14.6. The van der Waals surface area contributed by atoms with Crippen molar-refractivity contribution in [1.82, 2.24) is 15.1 Å². The number of likely N-dealkylation sites (tertiary alicyclic amines) is 2. The van der Waals surface area contributed by atoms with Crippen LogP contribution in [0.15, 0.2) is 0 Å². The van der Waals surface area contributed by atoms with Crippen LogP contribution in [-0.2, 0) is 24.0 Å². The lowest BCUT2D eigenvalue weighted by molar-refractivity contribution is -0.150. The number of nitrogens with two attached hydrogens (primary N) is 1. The van der Waals surface area contributed by atoms with Crippen molar-refractivity contribution in [2.24, 2.45) is 11.7 Å². The van der Waals surface area contributed by atoms with Gasteiger partial charge in [0.25, 0.3) is 0 Å². The first-order valence-corrected chi connectivity index (χ1v) is 10.7. The maximum atomic E-state index is 13.1. The predicted molar refractivity (Wildman–Crippen MR) is 109 cm³/mol. The molecule has 2 rings (SSSR count). The van der Waals surface area contributed by atoms with E-state index in [1.165, 1.54) is 9.80 Å². The third kappa shape index (κ3) is 5.72. The second kappa shape index (κ2) is 10.6. The Morgan fingerprint density at radius 3 is 2.06 bits per heavy atom. The molecule has 0 aromatic carbocycles. The fourth-order valence-electron chi connectivity index (χ4n) is 4.19. The lowest BCUT2D eigenvalue weighted by Crippen LogP contribution is -2.58. The normalized spacial score (nSPS) is 23.8. The summed E-state index contributed by atoms with van der Waals surface area (Å²) < 4.78 is 0. The van der Waals surface area contributed by atoms with Crippen LogP contribution in [0, 0.1) is 5.92 Å². The van der Waals surface area contributed by atoms with Gasteiger partial charge in [0.1, 0.15) is 18.1 Å². The Morgan fingerprint density at radius 2 is 1.55 bits per heavy atom. The first kappa shape index (κ1) is 24.6. The fourth-order valence-corrected chi connectivity index (χ4v) is 4.19. The number of amides is 3. The van der Waals surface area contributed by atoms with E-state index in [1.54, 1.807) is 6.92 Å². The molecule has 174 valence electrons. The van der Waals surface area contributed by atoms with E-state index in [0.717, 1.165) is 0 Å². The van der Waals surface area contributed by atoms with Gasteiger partial charge >= 0.3 is 11.9 Å². The van der Waals surface area contributed by atoms with Crippen LogP contribution in [0.4, 0.5) is 0 Å². The summed E-state index contributed by atoms with van der Waals surface area (Å²) in [6, 6.07) is -3.92. The van der Waals surface area contributed by atoms with E-state index in [0.29, 0.717) is 38.6 Å². The molecule has 5 unspecified atom stereocenters. The molecule has 3 amide bonds. The van der Waals surface area contributed by atoms with Gasteiger partial charge in [0.15, 0.2) is 0 Å². The van der Waals surface area contributed by atoms with Crippen molar-refractivity contribution < 1.29 is 34.2 Å². The summed E-state index contributed by atoms with van der Waals surface area (Å²) in [7, 11) is 0. The fraction of sp³-hybridized carbons (Fsp3) is 0.750. The van der Waals surface area contributed by atoms with Crippen molar-refractivity contribution >= 4 is 29.7 Å². The summed E-state index contributed by atoms with van der Waals surface area (Å²) in [6.07, 6.45) is 1.92. The Hall–Kier alpha value is -2.69. The Labute approximate surface area is 180 Å². The highest BCUT2D eigenvalue weighted by Crippen LogP contribution is 2.23. The molecule has 5 atom stereocenters. The van der Waals surface area contributed by atoms with Crippen molar-refractivity contribution in [1.29, 1.82) is 0 Å². The van der Waals surface area contributed by atoms with Crippen LogP contribution in [0.2, 0.25) is 0 Å². The van der Waals surface area contributed by atoms with Gasteiger partial charge in [-0.2, -0.15) is 0 Å². The van der Waals surface area contributed by atoms with Crippen molar-refractivity contribution in [2.45, 2.75) is 76.5 Å². The monoisotopic (exact) mass is 440 g/mol. The van der Waals surface area contributed by atoms with Crippen LogP contribution in [-0.4, -0.2) is 86.9 Å². The minimum Gasteiger partial charge on any atom is -0.481 e. The summed E-state index contributed by atoms with van der Waals surface area (Å²) >= 11 is 0. The average Bonchev–Trinajstić information content (AvgIpc) is 3.39. The van der Waals surface area contributed by atoms with Crippen LogP contribution >= 0.6 is 0 Å². The number of rotatable bonds is 9. The number of carboxylic acids is 2. The molecule has 11 heteroatoms. The van der Waals surface area contributed by atoms with E-state index in [1.807, 2.05) is 6.92 Å². The number of nitrogens with one attached hydrogen (secondary N) is 1. The second-order valence-corrected chi connectivity index (χ2v) is 8.29. The number of hydrogen-bond donors (Lipinski definition) is 4. The molecule has 2 heterocycles. The molecule has 0 bridgehead atoms. The van der Waals surface area contributed by atoms with Gasteiger partial charge in [-0.1, -0.05) is 20.3 Å². The molecule has 2 aliphatic heterocycles. The van der Waals surface area contributed by atoms with Gasteiger partial charge in [-0.25, -0.2) is 4.79 Å². The number of carbonyl (C=O) groups excluding carboxylic acids is 3. The minimum absolute atomic E-state index is 0.244.